The monoisotopic (exact) mass is 556 g/mol. The maximum atomic E-state index is 12.7. The Bertz CT molecular complexity index is 686. The van der Waals surface area contributed by atoms with Gasteiger partial charge in [-0.25, -0.2) is 0 Å². The van der Waals surface area contributed by atoms with Gasteiger partial charge in [-0.2, -0.15) is 0 Å². The van der Waals surface area contributed by atoms with Crippen LogP contribution >= 0.6 is 0 Å². The number of unbranched alkanes of at least 4 members (excludes halogenated alkanes) is 15. The number of hydrogen-bond donors (Lipinski definition) is 0. The van der Waals surface area contributed by atoms with Crippen LogP contribution in [0.4, 0.5) is 0 Å². The van der Waals surface area contributed by atoms with Gasteiger partial charge in [0.05, 0.1) is 7.11 Å². The van der Waals surface area contributed by atoms with Gasteiger partial charge in [0.1, 0.15) is 11.7 Å². The molecule has 230 valence electrons. The van der Waals surface area contributed by atoms with E-state index in [-0.39, 0.29) is 11.8 Å². The maximum absolute atomic E-state index is 12.7. The molecule has 0 spiro atoms. The van der Waals surface area contributed by atoms with Crippen LogP contribution in [0, 0.1) is 5.92 Å². The summed E-state index contributed by atoms with van der Waals surface area (Å²) in [5.74, 6) is -0.846. The second-order valence-electron chi connectivity index (χ2n) is 11.2. The van der Waals surface area contributed by atoms with E-state index in [1.165, 1.54) is 77.7 Å². The number of carbonyl (C=O) groups excluding carboxylic acids is 2. The highest BCUT2D eigenvalue weighted by atomic mass is 16.5. The smallest absolute Gasteiger partial charge is 0.316 e. The van der Waals surface area contributed by atoms with E-state index in [0.717, 1.165) is 64.2 Å². The molecule has 0 aliphatic rings. The number of carbonyl (C=O) groups is 2. The molecule has 0 fully saturated rings. The van der Waals surface area contributed by atoms with Crippen LogP contribution in [0.3, 0.4) is 0 Å². The van der Waals surface area contributed by atoms with Crippen molar-refractivity contribution < 1.29 is 14.3 Å². The molecule has 0 aromatic heterocycles. The van der Waals surface area contributed by atoms with E-state index in [4.69, 9.17) is 4.74 Å². The van der Waals surface area contributed by atoms with Gasteiger partial charge in [-0.05, 0) is 77.0 Å². The first-order valence-corrected chi connectivity index (χ1v) is 16.9. The molecular formula is C37H64O3. The largest absolute Gasteiger partial charge is 0.468 e. The zero-order valence-corrected chi connectivity index (χ0v) is 26.7. The highest BCUT2D eigenvalue weighted by molar-refractivity contribution is 5.98. The van der Waals surface area contributed by atoms with Crippen molar-refractivity contribution in [2.45, 2.75) is 162 Å². The van der Waals surface area contributed by atoms with Gasteiger partial charge in [-0.15, -0.1) is 0 Å². The number of ketones is 1. The van der Waals surface area contributed by atoms with Crippen LogP contribution in [0.1, 0.15) is 162 Å². The Balaban J connectivity index is 3.84. The minimum Gasteiger partial charge on any atom is -0.468 e. The summed E-state index contributed by atoms with van der Waals surface area (Å²) in [7, 11) is 1.40. The number of esters is 1. The highest BCUT2D eigenvalue weighted by Gasteiger charge is 2.26. The lowest BCUT2D eigenvalue weighted by Crippen LogP contribution is -2.25. The third-order valence-electron chi connectivity index (χ3n) is 7.44. The van der Waals surface area contributed by atoms with Crippen LogP contribution in [0.15, 0.2) is 48.6 Å². The molecule has 3 heteroatoms. The molecule has 0 aliphatic heterocycles. The Labute approximate surface area is 249 Å². The van der Waals surface area contributed by atoms with Crippen LogP contribution in [0.5, 0.6) is 0 Å². The first kappa shape index (κ1) is 38.1. The minimum atomic E-state index is -0.570. The van der Waals surface area contributed by atoms with Crippen molar-refractivity contribution in [3.8, 4) is 0 Å². The fraction of sp³-hybridized carbons (Fsp3) is 0.730. The first-order chi connectivity index (χ1) is 19.7. The Hall–Kier alpha value is -1.90. The standard InChI is InChI=1S/C37H64O3/c1-4-6-8-10-12-14-16-18-20-22-24-26-28-30-32-34-36(38)35(37(39)40-3)33-31-29-27-25-23-21-19-17-15-13-11-9-7-5-2/h12-15,18-21,35H,4-11,16-17,22-34H2,1-3H3/b14-12-,15-13-,20-18-,21-19-. The van der Waals surface area contributed by atoms with Gasteiger partial charge < -0.3 is 4.74 Å². The van der Waals surface area contributed by atoms with Gasteiger partial charge in [-0.1, -0.05) is 127 Å². The van der Waals surface area contributed by atoms with Gasteiger partial charge in [0, 0.05) is 6.42 Å². The molecule has 0 saturated heterocycles. The summed E-state index contributed by atoms with van der Waals surface area (Å²) < 4.78 is 4.95. The lowest BCUT2D eigenvalue weighted by atomic mass is 9.93. The Morgan fingerprint density at radius 3 is 1.38 bits per heavy atom. The lowest BCUT2D eigenvalue weighted by Gasteiger charge is -2.13. The highest BCUT2D eigenvalue weighted by Crippen LogP contribution is 2.18. The zero-order valence-electron chi connectivity index (χ0n) is 26.7. The molecule has 0 N–H and O–H groups in total. The maximum Gasteiger partial charge on any atom is 0.316 e. The summed E-state index contributed by atoms with van der Waals surface area (Å²) in [6.07, 6.45) is 43.8. The van der Waals surface area contributed by atoms with Crippen LogP contribution in [-0.2, 0) is 14.3 Å². The summed E-state index contributed by atoms with van der Waals surface area (Å²) in [6, 6.07) is 0. The van der Waals surface area contributed by atoms with Crippen molar-refractivity contribution >= 4 is 11.8 Å². The number of rotatable bonds is 29. The predicted molar refractivity (Wildman–Crippen MR) is 175 cm³/mol. The van der Waals surface area contributed by atoms with Gasteiger partial charge >= 0.3 is 5.97 Å². The van der Waals surface area contributed by atoms with Crippen molar-refractivity contribution in [1.29, 1.82) is 0 Å². The Morgan fingerprint density at radius 2 is 0.925 bits per heavy atom. The van der Waals surface area contributed by atoms with Gasteiger partial charge in [-0.3, -0.25) is 9.59 Å². The molecule has 0 aromatic rings. The van der Waals surface area contributed by atoms with Crippen molar-refractivity contribution in [1.82, 2.24) is 0 Å². The number of allylic oxidation sites excluding steroid dienone is 8. The number of methoxy groups -OCH3 is 1. The Kier molecular flexibility index (Phi) is 30.1. The summed E-state index contributed by atoms with van der Waals surface area (Å²) in [5.41, 5.74) is 0. The second kappa shape index (κ2) is 31.6. The average molecular weight is 557 g/mol. The number of Topliss-reactive ketones (excluding diaryl/α,β-unsaturated/α-hetero) is 1. The van der Waals surface area contributed by atoms with Crippen LogP contribution in [0.25, 0.3) is 0 Å². The number of ether oxygens (including phenoxy) is 1. The molecule has 0 aromatic carbocycles. The van der Waals surface area contributed by atoms with Gasteiger partial charge in [0.15, 0.2) is 0 Å². The van der Waals surface area contributed by atoms with Gasteiger partial charge in [0.2, 0.25) is 0 Å². The molecular weight excluding hydrogens is 492 g/mol. The normalized spacial score (nSPS) is 12.9. The number of hydrogen-bond acceptors (Lipinski definition) is 3. The van der Waals surface area contributed by atoms with E-state index in [1.54, 1.807) is 0 Å². The summed E-state index contributed by atoms with van der Waals surface area (Å²) in [4.78, 5) is 24.9. The van der Waals surface area contributed by atoms with Gasteiger partial charge in [0.25, 0.3) is 0 Å². The fourth-order valence-corrected chi connectivity index (χ4v) is 4.82. The molecule has 1 atom stereocenters. The average Bonchev–Trinajstić information content (AvgIpc) is 2.96. The fourth-order valence-electron chi connectivity index (χ4n) is 4.82. The summed E-state index contributed by atoms with van der Waals surface area (Å²) in [5, 5.41) is 0. The van der Waals surface area contributed by atoms with Crippen molar-refractivity contribution in [2.24, 2.45) is 5.92 Å². The molecule has 3 nitrogen and oxygen atoms in total. The SMILES string of the molecule is CCCCC/C=C\C/C=C\CCCCCCCC(=O)C(CCCCCC/C=C\C/C=C\CCCCC)C(=O)OC. The molecule has 0 amide bonds. The van der Waals surface area contributed by atoms with E-state index in [0.29, 0.717) is 12.8 Å². The molecule has 0 radical (unpaired) electrons. The summed E-state index contributed by atoms with van der Waals surface area (Å²) in [6.45, 7) is 4.48. The predicted octanol–water partition coefficient (Wildman–Crippen LogP) is 11.6. The van der Waals surface area contributed by atoms with Crippen molar-refractivity contribution in [3.63, 3.8) is 0 Å². The third-order valence-corrected chi connectivity index (χ3v) is 7.44. The molecule has 0 rings (SSSR count). The van der Waals surface area contributed by atoms with E-state index < -0.39 is 5.92 Å². The topological polar surface area (TPSA) is 43.4 Å². The summed E-state index contributed by atoms with van der Waals surface area (Å²) >= 11 is 0. The minimum absolute atomic E-state index is 0.0724. The molecule has 1 unspecified atom stereocenters. The van der Waals surface area contributed by atoms with E-state index in [1.807, 2.05) is 0 Å². The second-order valence-corrected chi connectivity index (χ2v) is 11.2. The molecule has 0 heterocycles. The Morgan fingerprint density at radius 1 is 0.525 bits per heavy atom. The first-order valence-electron chi connectivity index (χ1n) is 16.9. The quantitative estimate of drug-likeness (QED) is 0.0398. The molecule has 0 bridgehead atoms. The van der Waals surface area contributed by atoms with Crippen molar-refractivity contribution in [3.05, 3.63) is 48.6 Å². The third kappa shape index (κ3) is 26.3. The van der Waals surface area contributed by atoms with E-state index >= 15 is 0 Å². The van der Waals surface area contributed by atoms with Crippen LogP contribution in [0.2, 0.25) is 0 Å². The zero-order chi connectivity index (χ0) is 29.4. The van der Waals surface area contributed by atoms with Crippen LogP contribution in [-0.4, -0.2) is 18.9 Å². The van der Waals surface area contributed by atoms with E-state index in [2.05, 4.69) is 62.5 Å². The molecule has 0 saturated carbocycles. The lowest BCUT2D eigenvalue weighted by molar-refractivity contribution is -0.149. The van der Waals surface area contributed by atoms with Crippen LogP contribution < -0.4 is 0 Å². The van der Waals surface area contributed by atoms with Crippen molar-refractivity contribution in [2.75, 3.05) is 7.11 Å². The molecule has 0 aliphatic carbocycles. The van der Waals surface area contributed by atoms with E-state index in [9.17, 15) is 9.59 Å². The molecule has 40 heavy (non-hydrogen) atoms.